The van der Waals surface area contributed by atoms with Crippen molar-refractivity contribution < 1.29 is 4.79 Å². The summed E-state index contributed by atoms with van der Waals surface area (Å²) in [4.78, 5) is 20.1. The maximum absolute atomic E-state index is 12.2. The average molecular weight is 368 g/mol. The van der Waals surface area contributed by atoms with Gasteiger partial charge in [0.25, 0.3) is 5.91 Å². The molecular weight excluding hydrogens is 348 g/mol. The van der Waals surface area contributed by atoms with Gasteiger partial charge < -0.3 is 9.88 Å². The zero-order valence-electron chi connectivity index (χ0n) is 14.3. The van der Waals surface area contributed by atoms with Gasteiger partial charge in [0.1, 0.15) is 11.5 Å². The number of nitrogens with zero attached hydrogens (tertiary/aromatic N) is 5. The molecule has 1 aliphatic heterocycles. The lowest BCUT2D eigenvalue weighted by atomic mass is 10.3. The molecule has 0 unspecified atom stereocenters. The zero-order valence-corrected chi connectivity index (χ0v) is 15.2. The van der Waals surface area contributed by atoms with Gasteiger partial charge in [0.05, 0.1) is 6.54 Å². The third-order valence-electron chi connectivity index (χ3n) is 4.46. The second-order valence-electron chi connectivity index (χ2n) is 6.19. The molecule has 0 aliphatic carbocycles. The standard InChI is InChI=1S/C18H20N6OS/c25-18(15-5-1-2-7-19-15)20-12-17-22-21-16-6-8-23(9-10-24(16)17)13-14-4-3-11-26-14/h1-5,7,11H,6,8-10,12-13H2,(H,20,25). The van der Waals surface area contributed by atoms with Crippen LogP contribution in [0.2, 0.25) is 0 Å². The van der Waals surface area contributed by atoms with E-state index in [0.29, 0.717) is 12.2 Å². The van der Waals surface area contributed by atoms with Crippen molar-refractivity contribution in [1.82, 2.24) is 30.0 Å². The predicted molar refractivity (Wildman–Crippen MR) is 98.7 cm³/mol. The average Bonchev–Trinajstić information content (AvgIpc) is 3.28. The van der Waals surface area contributed by atoms with Gasteiger partial charge in [-0.3, -0.25) is 14.7 Å². The Kier molecular flexibility index (Phi) is 5.03. The van der Waals surface area contributed by atoms with Crippen LogP contribution >= 0.6 is 11.3 Å². The summed E-state index contributed by atoms with van der Waals surface area (Å²) in [6.45, 7) is 4.08. The Morgan fingerprint density at radius 3 is 2.92 bits per heavy atom. The van der Waals surface area contributed by atoms with Gasteiger partial charge >= 0.3 is 0 Å². The highest BCUT2D eigenvalue weighted by Crippen LogP contribution is 2.15. The van der Waals surface area contributed by atoms with Crippen LogP contribution in [0.25, 0.3) is 0 Å². The smallest absolute Gasteiger partial charge is 0.270 e. The number of pyridine rings is 1. The minimum atomic E-state index is -0.198. The fourth-order valence-electron chi connectivity index (χ4n) is 3.09. The van der Waals surface area contributed by atoms with E-state index in [-0.39, 0.29) is 5.91 Å². The van der Waals surface area contributed by atoms with Crippen molar-refractivity contribution in [2.45, 2.75) is 26.1 Å². The number of hydrogen-bond acceptors (Lipinski definition) is 6. The van der Waals surface area contributed by atoms with E-state index in [0.717, 1.165) is 44.2 Å². The van der Waals surface area contributed by atoms with Crippen molar-refractivity contribution in [3.63, 3.8) is 0 Å². The molecule has 3 aromatic rings. The predicted octanol–water partition coefficient (Wildman–Crippen LogP) is 1.72. The fraction of sp³-hybridized carbons (Fsp3) is 0.333. The quantitative estimate of drug-likeness (QED) is 0.742. The highest BCUT2D eigenvalue weighted by atomic mass is 32.1. The summed E-state index contributed by atoms with van der Waals surface area (Å²) in [5.74, 6) is 1.58. The molecule has 4 rings (SSSR count). The Hall–Kier alpha value is -2.58. The second kappa shape index (κ2) is 7.76. The van der Waals surface area contributed by atoms with Crippen LogP contribution in [0.5, 0.6) is 0 Å². The number of carbonyl (C=O) groups is 1. The molecule has 3 aromatic heterocycles. The number of aromatic nitrogens is 4. The Bertz CT molecular complexity index is 861. The molecule has 0 spiro atoms. The lowest BCUT2D eigenvalue weighted by molar-refractivity contribution is 0.0944. The number of hydrogen-bond donors (Lipinski definition) is 1. The summed E-state index contributed by atoms with van der Waals surface area (Å²) < 4.78 is 2.13. The van der Waals surface area contributed by atoms with Crippen LogP contribution in [0, 0.1) is 0 Å². The van der Waals surface area contributed by atoms with Crippen molar-refractivity contribution in [3.05, 3.63) is 64.1 Å². The molecule has 0 bridgehead atoms. The molecule has 0 atom stereocenters. The van der Waals surface area contributed by atoms with Crippen molar-refractivity contribution >= 4 is 17.2 Å². The molecule has 8 heteroatoms. The zero-order chi connectivity index (χ0) is 17.8. The van der Waals surface area contributed by atoms with Crippen LogP contribution in [-0.2, 0) is 26.1 Å². The number of rotatable bonds is 5. The van der Waals surface area contributed by atoms with Gasteiger partial charge in [0.2, 0.25) is 0 Å². The molecule has 0 aromatic carbocycles. The van der Waals surface area contributed by atoms with Crippen LogP contribution in [0.15, 0.2) is 41.9 Å². The second-order valence-corrected chi connectivity index (χ2v) is 7.22. The molecule has 134 valence electrons. The molecule has 4 heterocycles. The third-order valence-corrected chi connectivity index (χ3v) is 5.32. The van der Waals surface area contributed by atoms with Gasteiger partial charge in [-0.15, -0.1) is 21.5 Å². The number of carbonyl (C=O) groups excluding carboxylic acids is 1. The fourth-order valence-corrected chi connectivity index (χ4v) is 3.83. The van der Waals surface area contributed by atoms with Crippen LogP contribution < -0.4 is 5.32 Å². The van der Waals surface area contributed by atoms with E-state index in [9.17, 15) is 4.79 Å². The normalized spacial score (nSPS) is 14.6. The van der Waals surface area contributed by atoms with E-state index >= 15 is 0 Å². The summed E-state index contributed by atoms with van der Waals surface area (Å²) in [6.07, 6.45) is 2.48. The molecule has 0 fully saturated rings. The van der Waals surface area contributed by atoms with Gasteiger partial charge in [-0.25, -0.2) is 0 Å². The molecule has 26 heavy (non-hydrogen) atoms. The summed E-state index contributed by atoms with van der Waals surface area (Å²) in [6, 6.07) is 9.55. The topological polar surface area (TPSA) is 75.9 Å². The van der Waals surface area contributed by atoms with Crippen molar-refractivity contribution in [2.75, 3.05) is 13.1 Å². The maximum atomic E-state index is 12.2. The van der Waals surface area contributed by atoms with Gasteiger partial charge in [-0.1, -0.05) is 12.1 Å². The van der Waals surface area contributed by atoms with E-state index in [4.69, 9.17) is 0 Å². The van der Waals surface area contributed by atoms with Crippen molar-refractivity contribution in [1.29, 1.82) is 0 Å². The number of amides is 1. The van der Waals surface area contributed by atoms with E-state index < -0.39 is 0 Å². The molecule has 0 saturated carbocycles. The Morgan fingerprint density at radius 2 is 2.12 bits per heavy atom. The van der Waals surface area contributed by atoms with Crippen molar-refractivity contribution in [2.24, 2.45) is 0 Å². The van der Waals surface area contributed by atoms with E-state index in [1.54, 1.807) is 35.7 Å². The van der Waals surface area contributed by atoms with Crippen LogP contribution in [0.1, 0.15) is 27.0 Å². The monoisotopic (exact) mass is 368 g/mol. The first-order chi connectivity index (χ1) is 12.8. The molecule has 1 N–H and O–H groups in total. The Balaban J connectivity index is 1.38. The lowest BCUT2D eigenvalue weighted by Gasteiger charge is -2.18. The summed E-state index contributed by atoms with van der Waals surface area (Å²) >= 11 is 1.79. The number of fused-ring (bicyclic) bond motifs is 1. The SMILES string of the molecule is O=C(NCc1nnc2n1CCN(Cc1cccs1)CC2)c1ccccn1. The first kappa shape index (κ1) is 16.9. The van der Waals surface area contributed by atoms with E-state index in [2.05, 4.69) is 47.5 Å². The largest absolute Gasteiger partial charge is 0.343 e. The van der Waals surface area contributed by atoms with E-state index in [1.165, 1.54) is 4.88 Å². The minimum Gasteiger partial charge on any atom is -0.343 e. The van der Waals surface area contributed by atoms with E-state index in [1.807, 2.05) is 0 Å². The summed E-state index contributed by atoms with van der Waals surface area (Å²) in [5.41, 5.74) is 0.408. The highest BCUT2D eigenvalue weighted by Gasteiger charge is 2.19. The summed E-state index contributed by atoms with van der Waals surface area (Å²) in [5, 5.41) is 13.6. The highest BCUT2D eigenvalue weighted by molar-refractivity contribution is 7.09. The first-order valence-corrected chi connectivity index (χ1v) is 9.52. The number of thiophene rings is 1. The maximum Gasteiger partial charge on any atom is 0.270 e. The van der Waals surface area contributed by atoms with Crippen LogP contribution in [0.4, 0.5) is 0 Å². The molecule has 7 nitrogen and oxygen atoms in total. The number of nitrogens with one attached hydrogen (secondary N) is 1. The molecule has 1 amide bonds. The van der Waals surface area contributed by atoms with Gasteiger partial charge in [-0.05, 0) is 23.6 Å². The third kappa shape index (κ3) is 3.81. The Morgan fingerprint density at radius 1 is 1.15 bits per heavy atom. The minimum absolute atomic E-state index is 0.198. The molecule has 1 aliphatic rings. The molecule has 0 saturated heterocycles. The van der Waals surface area contributed by atoms with Gasteiger partial charge in [-0.2, -0.15) is 0 Å². The van der Waals surface area contributed by atoms with Crippen molar-refractivity contribution in [3.8, 4) is 0 Å². The Labute approximate surface area is 155 Å². The van der Waals surface area contributed by atoms with Crippen LogP contribution in [-0.4, -0.2) is 43.6 Å². The van der Waals surface area contributed by atoms with Gasteiger partial charge in [0.15, 0.2) is 5.82 Å². The van der Waals surface area contributed by atoms with Crippen LogP contribution in [0.3, 0.4) is 0 Å². The molecular formula is C18H20N6OS. The summed E-state index contributed by atoms with van der Waals surface area (Å²) in [7, 11) is 0. The lowest BCUT2D eigenvalue weighted by Crippen LogP contribution is -2.28. The first-order valence-electron chi connectivity index (χ1n) is 8.64. The molecule has 0 radical (unpaired) electrons. The van der Waals surface area contributed by atoms with Gasteiger partial charge in [0, 0.05) is 43.7 Å².